The van der Waals surface area contributed by atoms with Gasteiger partial charge in [-0.25, -0.2) is 4.98 Å². The third-order valence-electron chi connectivity index (χ3n) is 3.85. The minimum Gasteiger partial charge on any atom is -0.342 e. The molecule has 21 heavy (non-hydrogen) atoms. The number of rotatable bonds is 4. The van der Waals surface area contributed by atoms with E-state index >= 15 is 0 Å². The molecular weight excluding hydrogens is 256 g/mol. The molecule has 1 heterocycles. The first-order valence-electron chi connectivity index (χ1n) is 7.61. The number of benzene rings is 2. The lowest BCUT2D eigenvalue weighted by molar-refractivity contribution is 0.562. The highest BCUT2D eigenvalue weighted by atomic mass is 14.9. The van der Waals surface area contributed by atoms with E-state index in [1.54, 1.807) is 0 Å². The van der Waals surface area contributed by atoms with Gasteiger partial charge in [0, 0.05) is 6.42 Å². The molecule has 0 bridgehead atoms. The fraction of sp³-hybridized carbons (Fsp3) is 0.316. The molecule has 2 heteroatoms. The smallest absolute Gasteiger partial charge is 0.107 e. The van der Waals surface area contributed by atoms with E-state index < -0.39 is 0 Å². The van der Waals surface area contributed by atoms with Gasteiger partial charge >= 0.3 is 0 Å². The lowest BCUT2D eigenvalue weighted by Gasteiger charge is -2.11. The Hall–Kier alpha value is -2.09. The van der Waals surface area contributed by atoms with Crippen molar-refractivity contribution in [3.8, 4) is 0 Å². The van der Waals surface area contributed by atoms with Crippen molar-refractivity contribution < 1.29 is 0 Å². The average molecular weight is 278 g/mol. The number of hydrogen-bond donors (Lipinski definition) is 1. The second-order valence-electron chi connectivity index (χ2n) is 6.21. The highest BCUT2D eigenvalue weighted by molar-refractivity contribution is 5.74. The fourth-order valence-corrected chi connectivity index (χ4v) is 3.09. The largest absolute Gasteiger partial charge is 0.342 e. The summed E-state index contributed by atoms with van der Waals surface area (Å²) in [6, 6.07) is 15.0. The number of nitrogens with one attached hydrogen (secondary N) is 1. The number of para-hydroxylation sites is 2. The summed E-state index contributed by atoms with van der Waals surface area (Å²) < 4.78 is 0. The van der Waals surface area contributed by atoms with Gasteiger partial charge in [-0.3, -0.25) is 0 Å². The van der Waals surface area contributed by atoms with E-state index in [0.29, 0.717) is 5.92 Å². The molecule has 1 unspecified atom stereocenters. The fourth-order valence-electron chi connectivity index (χ4n) is 3.09. The summed E-state index contributed by atoms with van der Waals surface area (Å²) in [5.41, 5.74) is 6.31. The van der Waals surface area contributed by atoms with Gasteiger partial charge in [0.05, 0.1) is 11.0 Å². The van der Waals surface area contributed by atoms with Crippen molar-refractivity contribution in [2.24, 2.45) is 5.92 Å². The monoisotopic (exact) mass is 278 g/mol. The Bertz CT molecular complexity index is 702. The van der Waals surface area contributed by atoms with Crippen LogP contribution >= 0.6 is 0 Å². The van der Waals surface area contributed by atoms with Crippen molar-refractivity contribution in [1.82, 2.24) is 9.97 Å². The molecule has 0 spiro atoms. The second kappa shape index (κ2) is 5.72. The van der Waals surface area contributed by atoms with Crippen LogP contribution in [0.4, 0.5) is 0 Å². The van der Waals surface area contributed by atoms with Crippen LogP contribution in [0.2, 0.25) is 0 Å². The number of nitrogens with zero attached hydrogens (tertiary/aromatic N) is 1. The second-order valence-corrected chi connectivity index (χ2v) is 6.21. The number of imidazole rings is 1. The zero-order valence-corrected chi connectivity index (χ0v) is 13.0. The number of fused-ring (bicyclic) bond motifs is 1. The van der Waals surface area contributed by atoms with E-state index in [1.165, 1.54) is 16.7 Å². The molecule has 2 nitrogen and oxygen atoms in total. The maximum Gasteiger partial charge on any atom is 0.107 e. The summed E-state index contributed by atoms with van der Waals surface area (Å²) in [6.45, 7) is 6.63. The van der Waals surface area contributed by atoms with E-state index in [0.717, 1.165) is 29.7 Å². The maximum absolute atomic E-state index is 4.67. The summed E-state index contributed by atoms with van der Waals surface area (Å²) >= 11 is 0. The van der Waals surface area contributed by atoms with Crippen molar-refractivity contribution in [3.63, 3.8) is 0 Å². The highest BCUT2D eigenvalue weighted by Gasteiger charge is 2.09. The van der Waals surface area contributed by atoms with Gasteiger partial charge in [-0.1, -0.05) is 48.4 Å². The molecule has 0 aliphatic carbocycles. The molecule has 2 aromatic carbocycles. The van der Waals surface area contributed by atoms with E-state index in [2.05, 4.69) is 61.1 Å². The zero-order valence-electron chi connectivity index (χ0n) is 13.0. The maximum atomic E-state index is 4.67. The molecule has 3 rings (SSSR count). The molecule has 0 amide bonds. The van der Waals surface area contributed by atoms with E-state index in [1.807, 2.05) is 12.1 Å². The van der Waals surface area contributed by atoms with Gasteiger partial charge in [-0.2, -0.15) is 0 Å². The van der Waals surface area contributed by atoms with E-state index in [9.17, 15) is 0 Å². The normalized spacial score (nSPS) is 12.7. The molecular formula is C19H22N2. The molecule has 1 N–H and O–H groups in total. The van der Waals surface area contributed by atoms with Gasteiger partial charge < -0.3 is 4.98 Å². The van der Waals surface area contributed by atoms with Crippen molar-refractivity contribution in [2.75, 3.05) is 0 Å². The minimum absolute atomic E-state index is 0.576. The minimum atomic E-state index is 0.576. The Balaban J connectivity index is 1.72. The number of H-pyrrole nitrogens is 1. The Labute approximate surface area is 126 Å². The van der Waals surface area contributed by atoms with Crippen LogP contribution in [0.1, 0.15) is 29.4 Å². The zero-order chi connectivity index (χ0) is 14.8. The van der Waals surface area contributed by atoms with Gasteiger partial charge in [-0.15, -0.1) is 0 Å². The molecule has 3 aromatic rings. The molecule has 0 aliphatic heterocycles. The SMILES string of the molecule is Cc1cc(C)cc(CC(C)Cc2nc3ccccc3[nH]2)c1. The lowest BCUT2D eigenvalue weighted by Crippen LogP contribution is -2.05. The Kier molecular flexibility index (Phi) is 3.78. The summed E-state index contributed by atoms with van der Waals surface area (Å²) in [6.07, 6.45) is 2.08. The third-order valence-corrected chi connectivity index (χ3v) is 3.85. The molecule has 0 fully saturated rings. The van der Waals surface area contributed by atoms with Gasteiger partial charge in [0.1, 0.15) is 5.82 Å². The van der Waals surface area contributed by atoms with Crippen molar-refractivity contribution in [2.45, 2.75) is 33.6 Å². The van der Waals surface area contributed by atoms with Gasteiger partial charge in [0.15, 0.2) is 0 Å². The van der Waals surface area contributed by atoms with Gasteiger partial charge in [-0.05, 0) is 43.9 Å². The van der Waals surface area contributed by atoms with Crippen molar-refractivity contribution in [3.05, 3.63) is 65.0 Å². The Morgan fingerprint density at radius 2 is 1.71 bits per heavy atom. The predicted octanol–water partition coefficient (Wildman–Crippen LogP) is 4.60. The standard InChI is InChI=1S/C19H22N2/c1-13-8-14(2)10-16(9-13)11-15(3)12-19-20-17-6-4-5-7-18(17)21-19/h4-10,15H,11-12H2,1-3H3,(H,20,21). The summed E-state index contributed by atoms with van der Waals surface area (Å²) in [5.74, 6) is 1.67. The van der Waals surface area contributed by atoms with Crippen molar-refractivity contribution >= 4 is 11.0 Å². The van der Waals surface area contributed by atoms with Crippen LogP contribution in [0.25, 0.3) is 11.0 Å². The predicted molar refractivity (Wildman–Crippen MR) is 88.6 cm³/mol. The molecule has 0 saturated carbocycles. The van der Waals surface area contributed by atoms with Crippen LogP contribution in [0.5, 0.6) is 0 Å². The molecule has 108 valence electrons. The summed E-state index contributed by atoms with van der Waals surface area (Å²) in [5, 5.41) is 0. The average Bonchev–Trinajstić information content (AvgIpc) is 2.78. The van der Waals surface area contributed by atoms with Crippen LogP contribution in [-0.4, -0.2) is 9.97 Å². The first kappa shape index (κ1) is 13.9. The first-order valence-corrected chi connectivity index (χ1v) is 7.61. The van der Waals surface area contributed by atoms with Crippen LogP contribution in [0, 0.1) is 19.8 Å². The van der Waals surface area contributed by atoms with Gasteiger partial charge in [0.25, 0.3) is 0 Å². The topological polar surface area (TPSA) is 28.7 Å². The van der Waals surface area contributed by atoms with Crippen LogP contribution in [0.15, 0.2) is 42.5 Å². The summed E-state index contributed by atoms with van der Waals surface area (Å²) in [7, 11) is 0. The number of hydrogen-bond acceptors (Lipinski definition) is 1. The molecule has 0 saturated heterocycles. The van der Waals surface area contributed by atoms with Gasteiger partial charge in [0.2, 0.25) is 0 Å². The van der Waals surface area contributed by atoms with E-state index in [-0.39, 0.29) is 0 Å². The lowest BCUT2D eigenvalue weighted by atomic mass is 9.95. The Morgan fingerprint density at radius 1 is 1.00 bits per heavy atom. The first-order chi connectivity index (χ1) is 10.1. The van der Waals surface area contributed by atoms with Crippen LogP contribution in [-0.2, 0) is 12.8 Å². The molecule has 1 atom stereocenters. The number of aryl methyl sites for hydroxylation is 2. The summed E-state index contributed by atoms with van der Waals surface area (Å²) in [4.78, 5) is 8.10. The third kappa shape index (κ3) is 3.33. The number of aromatic amines is 1. The van der Waals surface area contributed by atoms with Crippen molar-refractivity contribution in [1.29, 1.82) is 0 Å². The number of aromatic nitrogens is 2. The molecule has 1 aromatic heterocycles. The highest BCUT2D eigenvalue weighted by Crippen LogP contribution is 2.18. The Morgan fingerprint density at radius 3 is 2.43 bits per heavy atom. The van der Waals surface area contributed by atoms with E-state index in [4.69, 9.17) is 0 Å². The molecule has 0 aliphatic rings. The molecule has 0 radical (unpaired) electrons. The van der Waals surface area contributed by atoms with Crippen LogP contribution in [0.3, 0.4) is 0 Å². The quantitative estimate of drug-likeness (QED) is 0.742. The van der Waals surface area contributed by atoms with Crippen LogP contribution < -0.4 is 0 Å².